The molecule has 0 amide bonds. The van der Waals surface area contributed by atoms with Crippen molar-refractivity contribution in [2.24, 2.45) is 11.8 Å². The maximum absolute atomic E-state index is 10.8. The lowest BCUT2D eigenvalue weighted by molar-refractivity contribution is -0.137. The van der Waals surface area contributed by atoms with Crippen molar-refractivity contribution >= 4 is 12.4 Å². The van der Waals surface area contributed by atoms with Gasteiger partial charge in [0.2, 0.25) is 0 Å². The van der Waals surface area contributed by atoms with Crippen molar-refractivity contribution in [3.05, 3.63) is 12.2 Å². The molecule has 0 radical (unpaired) electrons. The summed E-state index contributed by atoms with van der Waals surface area (Å²) >= 11 is 0. The average molecular weight is 385 g/mol. The van der Waals surface area contributed by atoms with Crippen molar-refractivity contribution in [1.29, 1.82) is 0 Å². The molecule has 0 aromatic heterocycles. The molecule has 0 aromatic carbocycles. The Morgan fingerprint density at radius 1 is 1.19 bits per heavy atom. The predicted molar refractivity (Wildman–Crippen MR) is 103 cm³/mol. The molecule has 0 saturated heterocycles. The molecule has 27 heavy (non-hydrogen) atoms. The van der Waals surface area contributed by atoms with Gasteiger partial charge in [-0.3, -0.25) is 9.59 Å². The highest BCUT2D eigenvalue weighted by Gasteiger charge is 2.42. The van der Waals surface area contributed by atoms with E-state index in [4.69, 9.17) is 9.84 Å². The van der Waals surface area contributed by atoms with Crippen LogP contribution in [0.2, 0.25) is 0 Å². The fourth-order valence-electron chi connectivity index (χ4n) is 4.01. The molecule has 0 spiro atoms. The molecular weight excluding hydrogens is 348 g/mol. The third-order valence-corrected chi connectivity index (χ3v) is 5.54. The first kappa shape index (κ1) is 23.6. The summed E-state index contributed by atoms with van der Waals surface area (Å²) < 4.78 is 5.20. The van der Waals surface area contributed by atoms with Crippen LogP contribution in [0.3, 0.4) is 0 Å². The number of aliphatic hydroxyl groups excluding tert-OH is 2. The number of hydrogen-bond acceptors (Lipinski definition) is 5. The Kier molecular flexibility index (Phi) is 12.0. The Bertz CT molecular complexity index is 450. The summed E-state index contributed by atoms with van der Waals surface area (Å²) in [5.74, 6) is -0.762. The van der Waals surface area contributed by atoms with E-state index in [0.717, 1.165) is 25.7 Å². The van der Waals surface area contributed by atoms with Crippen LogP contribution in [0.15, 0.2) is 12.2 Å². The van der Waals surface area contributed by atoms with Gasteiger partial charge in [-0.25, -0.2) is 0 Å². The Hall–Kier alpha value is -1.40. The quantitative estimate of drug-likeness (QED) is 0.227. The monoisotopic (exact) mass is 384 g/mol. The number of carbonyl (C=O) groups excluding carboxylic acids is 1. The van der Waals surface area contributed by atoms with Gasteiger partial charge in [0.05, 0.1) is 12.2 Å². The summed E-state index contributed by atoms with van der Waals surface area (Å²) in [7, 11) is 0. The smallest absolute Gasteiger partial charge is 0.303 e. The summed E-state index contributed by atoms with van der Waals surface area (Å²) in [4.78, 5) is 21.3. The summed E-state index contributed by atoms with van der Waals surface area (Å²) in [5, 5.41) is 29.2. The number of carboxylic acid groups (broad SMARTS) is 1. The van der Waals surface area contributed by atoms with Crippen molar-refractivity contribution in [3.8, 4) is 0 Å². The normalized spacial score (nSPS) is 26.3. The van der Waals surface area contributed by atoms with Crippen LogP contribution in [-0.4, -0.2) is 46.1 Å². The van der Waals surface area contributed by atoms with Gasteiger partial charge >= 0.3 is 5.97 Å². The predicted octanol–water partition coefficient (Wildman–Crippen LogP) is 3.45. The lowest BCUT2D eigenvalue weighted by Crippen LogP contribution is -2.24. The Labute approximate surface area is 162 Å². The second-order valence-corrected chi connectivity index (χ2v) is 7.62. The molecule has 1 fully saturated rings. The van der Waals surface area contributed by atoms with Crippen LogP contribution < -0.4 is 0 Å². The van der Waals surface area contributed by atoms with Gasteiger partial charge in [0, 0.05) is 18.8 Å². The lowest BCUT2D eigenvalue weighted by Gasteiger charge is -2.24. The molecule has 1 aliphatic carbocycles. The van der Waals surface area contributed by atoms with Gasteiger partial charge in [-0.05, 0) is 44.4 Å². The molecule has 0 unspecified atom stereocenters. The van der Waals surface area contributed by atoms with Crippen LogP contribution >= 0.6 is 0 Å². The van der Waals surface area contributed by atoms with Crippen molar-refractivity contribution in [2.45, 2.75) is 95.9 Å². The molecule has 1 aliphatic rings. The number of ether oxygens (including phenoxy) is 1. The van der Waals surface area contributed by atoms with Crippen molar-refractivity contribution in [1.82, 2.24) is 0 Å². The third-order valence-electron chi connectivity index (χ3n) is 5.54. The van der Waals surface area contributed by atoms with Crippen LogP contribution in [0.4, 0.5) is 0 Å². The first-order valence-electron chi connectivity index (χ1n) is 10.3. The van der Waals surface area contributed by atoms with E-state index >= 15 is 0 Å². The highest BCUT2D eigenvalue weighted by atomic mass is 16.5. The molecule has 156 valence electrons. The molecule has 0 bridgehead atoms. The van der Waals surface area contributed by atoms with Crippen LogP contribution in [0, 0.1) is 11.8 Å². The van der Waals surface area contributed by atoms with Crippen molar-refractivity contribution in [3.63, 3.8) is 0 Å². The Morgan fingerprint density at radius 3 is 2.63 bits per heavy atom. The topological polar surface area (TPSA) is 104 Å². The zero-order valence-electron chi connectivity index (χ0n) is 16.5. The van der Waals surface area contributed by atoms with E-state index in [-0.39, 0.29) is 30.5 Å². The highest BCUT2D eigenvalue weighted by molar-refractivity contribution is 5.66. The van der Waals surface area contributed by atoms with E-state index in [1.54, 1.807) is 0 Å². The molecule has 5 atom stereocenters. The number of aliphatic carboxylic acids is 1. The summed E-state index contributed by atoms with van der Waals surface area (Å²) in [6, 6.07) is 0. The first-order valence-corrected chi connectivity index (χ1v) is 10.3. The Morgan fingerprint density at radius 2 is 1.96 bits per heavy atom. The lowest BCUT2D eigenvalue weighted by atomic mass is 9.85. The zero-order chi connectivity index (χ0) is 20.1. The molecule has 1 rings (SSSR count). The fourth-order valence-corrected chi connectivity index (χ4v) is 4.01. The molecule has 3 N–H and O–H groups in total. The van der Waals surface area contributed by atoms with Crippen LogP contribution in [-0.2, 0) is 14.3 Å². The first-order chi connectivity index (χ1) is 13.0. The second kappa shape index (κ2) is 13.7. The fraction of sp³-hybridized carbons (Fsp3) is 0.810. The van der Waals surface area contributed by atoms with Gasteiger partial charge in [-0.1, -0.05) is 38.3 Å². The van der Waals surface area contributed by atoms with E-state index in [1.165, 1.54) is 0 Å². The minimum atomic E-state index is -0.792. The van der Waals surface area contributed by atoms with Crippen LogP contribution in [0.25, 0.3) is 0 Å². The number of hydrogen-bond donors (Lipinski definition) is 3. The molecule has 0 heterocycles. The Balaban J connectivity index is 2.51. The number of aliphatic hydroxyl groups is 2. The minimum absolute atomic E-state index is 0.000514. The summed E-state index contributed by atoms with van der Waals surface area (Å²) in [6.07, 6.45) is 10.8. The molecular formula is C21H36O6. The number of allylic oxidation sites excluding steroid dienone is 2. The standard InChI is InChI=1S/C21H36O6/c1-2-3-6-9-16(23)12-13-17-18(20(27-15-22)14-19(17)24)10-7-4-5-8-11-21(25)26/h4,7,15-20,23-24H,2-3,5-6,8-14H2,1H3,(H,25,26)/b7-4-/t16-,17+,18+,19+,20-/m0/s1. The largest absolute Gasteiger partial charge is 0.481 e. The molecule has 0 aliphatic heterocycles. The molecule has 1 saturated carbocycles. The molecule has 0 aromatic rings. The molecule has 6 nitrogen and oxygen atoms in total. The maximum Gasteiger partial charge on any atom is 0.303 e. The van der Waals surface area contributed by atoms with Gasteiger partial charge < -0.3 is 20.1 Å². The summed E-state index contributed by atoms with van der Waals surface area (Å²) in [6.45, 7) is 2.58. The van der Waals surface area contributed by atoms with Crippen LogP contribution in [0.5, 0.6) is 0 Å². The van der Waals surface area contributed by atoms with Crippen LogP contribution in [0.1, 0.15) is 77.6 Å². The van der Waals surface area contributed by atoms with E-state index in [0.29, 0.717) is 45.0 Å². The number of carbonyl (C=O) groups is 2. The molecule has 6 heteroatoms. The van der Waals surface area contributed by atoms with Gasteiger partial charge in [-0.2, -0.15) is 0 Å². The summed E-state index contributed by atoms with van der Waals surface area (Å²) in [5.41, 5.74) is 0. The maximum atomic E-state index is 10.8. The van der Waals surface area contributed by atoms with Gasteiger partial charge in [0.15, 0.2) is 0 Å². The van der Waals surface area contributed by atoms with E-state index in [1.807, 2.05) is 12.2 Å². The average Bonchev–Trinajstić information content (AvgIpc) is 2.91. The highest BCUT2D eigenvalue weighted by Crippen LogP contribution is 2.40. The van der Waals surface area contributed by atoms with Crippen molar-refractivity contribution < 1.29 is 29.6 Å². The van der Waals surface area contributed by atoms with Gasteiger partial charge in [0.1, 0.15) is 6.10 Å². The van der Waals surface area contributed by atoms with E-state index in [9.17, 15) is 19.8 Å². The van der Waals surface area contributed by atoms with E-state index in [2.05, 4.69) is 6.92 Å². The number of carboxylic acids is 1. The van der Waals surface area contributed by atoms with Gasteiger partial charge in [-0.15, -0.1) is 0 Å². The minimum Gasteiger partial charge on any atom is -0.481 e. The number of rotatable bonds is 15. The van der Waals surface area contributed by atoms with E-state index < -0.39 is 12.1 Å². The zero-order valence-corrected chi connectivity index (χ0v) is 16.5. The second-order valence-electron chi connectivity index (χ2n) is 7.62. The third kappa shape index (κ3) is 9.38. The number of unbranched alkanes of at least 4 members (excludes halogenated alkanes) is 3. The van der Waals surface area contributed by atoms with Gasteiger partial charge in [0.25, 0.3) is 6.47 Å². The van der Waals surface area contributed by atoms with Crippen molar-refractivity contribution in [2.75, 3.05) is 0 Å². The SMILES string of the molecule is CCCCC[C@H](O)CC[C@@H]1[C@@H](C/C=C\CCCC(=O)O)[C@@H](OC=O)C[C@H]1O.